The first-order valence-electron chi connectivity index (χ1n) is 7.32. The SMILES string of the molecule is COC(=O)C(N)CCSC1CCOC2(CCOCC2)C1. The first kappa shape index (κ1) is 16.1. The minimum Gasteiger partial charge on any atom is -0.468 e. The van der Waals surface area contributed by atoms with Crippen LogP contribution in [0.25, 0.3) is 0 Å². The summed E-state index contributed by atoms with van der Waals surface area (Å²) in [5.41, 5.74) is 5.79. The first-order chi connectivity index (χ1) is 9.65. The van der Waals surface area contributed by atoms with Crippen molar-refractivity contribution in [3.05, 3.63) is 0 Å². The Kier molecular flexibility index (Phi) is 6.14. The highest BCUT2D eigenvalue weighted by atomic mass is 32.2. The van der Waals surface area contributed by atoms with Crippen molar-refractivity contribution in [3.8, 4) is 0 Å². The van der Waals surface area contributed by atoms with Crippen molar-refractivity contribution in [2.45, 2.75) is 49.0 Å². The van der Waals surface area contributed by atoms with Crippen LogP contribution in [0.5, 0.6) is 0 Å². The van der Waals surface area contributed by atoms with Crippen LogP contribution in [0.4, 0.5) is 0 Å². The van der Waals surface area contributed by atoms with Gasteiger partial charge in [0.15, 0.2) is 0 Å². The molecule has 2 fully saturated rings. The molecule has 2 heterocycles. The molecule has 0 amide bonds. The molecule has 0 bridgehead atoms. The lowest BCUT2D eigenvalue weighted by Crippen LogP contribution is -2.45. The topological polar surface area (TPSA) is 70.8 Å². The molecule has 2 rings (SSSR count). The Morgan fingerprint density at radius 2 is 2.20 bits per heavy atom. The highest BCUT2D eigenvalue weighted by Gasteiger charge is 2.39. The van der Waals surface area contributed by atoms with E-state index in [0.717, 1.165) is 51.3 Å². The zero-order chi connectivity index (χ0) is 14.4. The second-order valence-corrected chi connectivity index (χ2v) is 6.96. The Morgan fingerprint density at radius 3 is 2.90 bits per heavy atom. The summed E-state index contributed by atoms with van der Waals surface area (Å²) >= 11 is 1.91. The Bertz CT molecular complexity index is 315. The number of carbonyl (C=O) groups is 1. The zero-order valence-corrected chi connectivity index (χ0v) is 13.0. The van der Waals surface area contributed by atoms with Gasteiger partial charge in [-0.2, -0.15) is 11.8 Å². The molecule has 0 aromatic carbocycles. The molecule has 6 heteroatoms. The number of thioether (sulfide) groups is 1. The van der Waals surface area contributed by atoms with E-state index in [9.17, 15) is 4.79 Å². The van der Waals surface area contributed by atoms with Crippen LogP contribution in [-0.2, 0) is 19.0 Å². The standard InChI is InChI=1S/C14H25NO4S/c1-17-13(16)12(15)3-9-20-11-2-6-19-14(10-11)4-7-18-8-5-14/h11-12H,2-10,15H2,1H3. The summed E-state index contributed by atoms with van der Waals surface area (Å²) in [5.74, 6) is 0.575. The maximum absolute atomic E-state index is 11.2. The van der Waals surface area contributed by atoms with Crippen LogP contribution in [0.2, 0.25) is 0 Å². The van der Waals surface area contributed by atoms with Crippen molar-refractivity contribution in [1.82, 2.24) is 0 Å². The second-order valence-electron chi connectivity index (χ2n) is 5.55. The van der Waals surface area contributed by atoms with Crippen LogP contribution in [0, 0.1) is 0 Å². The summed E-state index contributed by atoms with van der Waals surface area (Å²) in [5, 5.41) is 0.603. The highest BCUT2D eigenvalue weighted by Crippen LogP contribution is 2.38. The molecular weight excluding hydrogens is 278 g/mol. The van der Waals surface area contributed by atoms with Gasteiger partial charge in [0.1, 0.15) is 6.04 Å². The lowest BCUT2D eigenvalue weighted by molar-refractivity contribution is -0.142. The maximum atomic E-state index is 11.2. The highest BCUT2D eigenvalue weighted by molar-refractivity contribution is 7.99. The van der Waals surface area contributed by atoms with Crippen LogP contribution in [0.15, 0.2) is 0 Å². The molecular formula is C14H25NO4S. The van der Waals surface area contributed by atoms with E-state index in [1.807, 2.05) is 11.8 Å². The number of hydrogen-bond donors (Lipinski definition) is 1. The summed E-state index contributed by atoms with van der Waals surface area (Å²) in [6, 6.07) is -0.496. The number of esters is 1. The smallest absolute Gasteiger partial charge is 0.322 e. The van der Waals surface area contributed by atoms with Gasteiger partial charge in [0.25, 0.3) is 0 Å². The summed E-state index contributed by atoms with van der Waals surface area (Å²) < 4.78 is 16.1. The van der Waals surface area contributed by atoms with Crippen LogP contribution < -0.4 is 5.73 Å². The third-order valence-corrected chi connectivity index (χ3v) is 5.48. The number of hydrogen-bond acceptors (Lipinski definition) is 6. The molecule has 0 aliphatic carbocycles. The Labute approximate surface area is 124 Å². The largest absolute Gasteiger partial charge is 0.468 e. The van der Waals surface area contributed by atoms with Crippen molar-refractivity contribution in [3.63, 3.8) is 0 Å². The van der Waals surface area contributed by atoms with Crippen molar-refractivity contribution in [1.29, 1.82) is 0 Å². The molecule has 2 saturated heterocycles. The average molecular weight is 303 g/mol. The average Bonchev–Trinajstić information content (AvgIpc) is 2.47. The van der Waals surface area contributed by atoms with E-state index >= 15 is 0 Å². The fourth-order valence-electron chi connectivity index (χ4n) is 2.85. The maximum Gasteiger partial charge on any atom is 0.322 e. The fourth-order valence-corrected chi connectivity index (χ4v) is 4.26. The first-order valence-corrected chi connectivity index (χ1v) is 8.37. The minimum atomic E-state index is -0.496. The normalized spacial score (nSPS) is 27.2. The Balaban J connectivity index is 1.72. The molecule has 0 aromatic rings. The summed E-state index contributed by atoms with van der Waals surface area (Å²) in [6.45, 7) is 2.45. The van der Waals surface area contributed by atoms with Gasteiger partial charge in [-0.05, 0) is 37.9 Å². The van der Waals surface area contributed by atoms with Crippen molar-refractivity contribution >= 4 is 17.7 Å². The third kappa shape index (κ3) is 4.35. The predicted octanol–water partition coefficient (Wildman–Crippen LogP) is 1.34. The van der Waals surface area contributed by atoms with E-state index in [0.29, 0.717) is 11.7 Å². The molecule has 2 aliphatic rings. The Hall–Kier alpha value is -0.300. The molecule has 2 aliphatic heterocycles. The third-order valence-electron chi connectivity index (χ3n) is 4.14. The van der Waals surface area contributed by atoms with Gasteiger partial charge in [0.05, 0.1) is 12.7 Å². The molecule has 1 spiro atoms. The molecule has 5 nitrogen and oxygen atoms in total. The van der Waals surface area contributed by atoms with Gasteiger partial charge < -0.3 is 19.9 Å². The molecule has 2 atom stereocenters. The quantitative estimate of drug-likeness (QED) is 0.773. The van der Waals surface area contributed by atoms with Crippen LogP contribution >= 0.6 is 11.8 Å². The van der Waals surface area contributed by atoms with Crippen molar-refractivity contribution < 1.29 is 19.0 Å². The molecule has 0 radical (unpaired) electrons. The summed E-state index contributed by atoms with van der Waals surface area (Å²) in [6.07, 6.45) is 4.86. The number of rotatable bonds is 5. The molecule has 116 valence electrons. The predicted molar refractivity (Wildman–Crippen MR) is 78.8 cm³/mol. The summed E-state index contributed by atoms with van der Waals surface area (Å²) in [7, 11) is 1.38. The van der Waals surface area contributed by atoms with Crippen molar-refractivity contribution in [2.24, 2.45) is 5.73 Å². The van der Waals surface area contributed by atoms with Gasteiger partial charge in [-0.25, -0.2) is 0 Å². The fraction of sp³-hybridized carbons (Fsp3) is 0.929. The van der Waals surface area contributed by atoms with Crippen LogP contribution in [0.3, 0.4) is 0 Å². The number of nitrogens with two attached hydrogens (primary N) is 1. The monoisotopic (exact) mass is 303 g/mol. The van der Waals surface area contributed by atoms with E-state index in [1.54, 1.807) is 0 Å². The van der Waals surface area contributed by atoms with E-state index in [-0.39, 0.29) is 11.6 Å². The van der Waals surface area contributed by atoms with E-state index in [2.05, 4.69) is 4.74 Å². The lowest BCUT2D eigenvalue weighted by atomic mass is 9.86. The van der Waals surface area contributed by atoms with Gasteiger partial charge in [-0.1, -0.05) is 0 Å². The lowest BCUT2D eigenvalue weighted by Gasteiger charge is -2.43. The van der Waals surface area contributed by atoms with Gasteiger partial charge in [0.2, 0.25) is 0 Å². The van der Waals surface area contributed by atoms with Crippen molar-refractivity contribution in [2.75, 3.05) is 32.7 Å². The van der Waals surface area contributed by atoms with E-state index in [4.69, 9.17) is 15.2 Å². The zero-order valence-electron chi connectivity index (χ0n) is 12.1. The molecule has 0 aromatic heterocycles. The number of carbonyl (C=O) groups excluding carboxylic acids is 1. The second kappa shape index (κ2) is 7.64. The van der Waals surface area contributed by atoms with Crippen LogP contribution in [-0.4, -0.2) is 55.5 Å². The van der Waals surface area contributed by atoms with Gasteiger partial charge in [-0.15, -0.1) is 0 Å². The van der Waals surface area contributed by atoms with Gasteiger partial charge in [-0.3, -0.25) is 4.79 Å². The van der Waals surface area contributed by atoms with Gasteiger partial charge >= 0.3 is 5.97 Å². The number of methoxy groups -OCH3 is 1. The Morgan fingerprint density at radius 1 is 1.45 bits per heavy atom. The van der Waals surface area contributed by atoms with E-state index in [1.165, 1.54) is 7.11 Å². The molecule has 0 saturated carbocycles. The molecule has 20 heavy (non-hydrogen) atoms. The molecule has 2 N–H and O–H groups in total. The summed E-state index contributed by atoms with van der Waals surface area (Å²) in [4.78, 5) is 11.2. The van der Waals surface area contributed by atoms with E-state index < -0.39 is 6.04 Å². The molecule has 2 unspecified atom stereocenters. The van der Waals surface area contributed by atoms with Crippen LogP contribution in [0.1, 0.15) is 32.1 Å². The number of ether oxygens (including phenoxy) is 3. The minimum absolute atomic E-state index is 0.0403. The van der Waals surface area contributed by atoms with Gasteiger partial charge in [0, 0.05) is 25.1 Å².